The molecule has 0 aliphatic rings. The van der Waals surface area contributed by atoms with Crippen LogP contribution in [0.4, 0.5) is 0 Å². The molecule has 1 aromatic rings. The van der Waals surface area contributed by atoms with Crippen LogP contribution in [-0.4, -0.2) is 29.8 Å². The first-order valence-electron chi connectivity index (χ1n) is 6.84. The Bertz CT molecular complexity index is 491. The van der Waals surface area contributed by atoms with Crippen LogP contribution in [0.1, 0.15) is 43.6 Å². The molecule has 0 aliphatic heterocycles. The predicted molar refractivity (Wildman–Crippen MR) is 86.4 cm³/mol. The van der Waals surface area contributed by atoms with E-state index in [4.69, 9.17) is 4.74 Å². The Hall–Kier alpha value is -1.49. The zero-order valence-corrected chi connectivity index (χ0v) is 14.0. The average Bonchev–Trinajstić information content (AvgIpc) is 2.37. The van der Waals surface area contributed by atoms with Gasteiger partial charge in [0.1, 0.15) is 11.6 Å². The van der Waals surface area contributed by atoms with Crippen molar-refractivity contribution in [2.24, 2.45) is 0 Å². The van der Waals surface area contributed by atoms with E-state index in [0.29, 0.717) is 5.56 Å². The molecule has 1 rings (SSSR count). The van der Waals surface area contributed by atoms with Gasteiger partial charge in [-0.05, 0) is 51.6 Å². The summed E-state index contributed by atoms with van der Waals surface area (Å²) in [6, 6.07) is 6.70. The van der Waals surface area contributed by atoms with E-state index in [1.165, 1.54) is 5.56 Å². The third kappa shape index (κ3) is 6.21. The molecular weight excluding hydrogens is 286 g/mol. The lowest BCUT2D eigenvalue weighted by Gasteiger charge is -2.22. The van der Waals surface area contributed by atoms with Gasteiger partial charge in [0.25, 0.3) is 5.91 Å². The molecule has 0 bridgehead atoms. The fraction of sp³-hybridized carbons (Fsp3) is 0.500. The molecule has 0 fully saturated rings. The minimum Gasteiger partial charge on any atom is -0.458 e. The first-order valence-corrected chi connectivity index (χ1v) is 8.24. The van der Waals surface area contributed by atoms with Crippen molar-refractivity contribution in [2.45, 2.75) is 45.1 Å². The summed E-state index contributed by atoms with van der Waals surface area (Å²) >= 11 is 1.73. The second-order valence-corrected chi connectivity index (χ2v) is 6.72. The molecule has 4 nitrogen and oxygen atoms in total. The number of hydrogen-bond donors (Lipinski definition) is 1. The molecule has 116 valence electrons. The minimum absolute atomic E-state index is 0.274. The fourth-order valence-electron chi connectivity index (χ4n) is 1.65. The van der Waals surface area contributed by atoms with Gasteiger partial charge in [-0.3, -0.25) is 4.79 Å². The Kier molecular flexibility index (Phi) is 6.27. The molecule has 1 amide bonds. The van der Waals surface area contributed by atoms with E-state index < -0.39 is 17.6 Å². The van der Waals surface area contributed by atoms with E-state index in [1.54, 1.807) is 51.6 Å². The summed E-state index contributed by atoms with van der Waals surface area (Å²) in [6.07, 6.45) is 2.03. The Morgan fingerprint density at radius 3 is 2.29 bits per heavy atom. The Balaban J connectivity index is 2.61. The summed E-state index contributed by atoms with van der Waals surface area (Å²) < 4.78 is 5.23. The number of hydrogen-bond acceptors (Lipinski definition) is 4. The summed E-state index contributed by atoms with van der Waals surface area (Å²) in [7, 11) is 0. The van der Waals surface area contributed by atoms with Gasteiger partial charge < -0.3 is 10.1 Å². The Morgan fingerprint density at radius 2 is 1.81 bits per heavy atom. The number of thioether (sulfide) groups is 1. The number of carbonyl (C=O) groups is 2. The molecule has 0 spiro atoms. The van der Waals surface area contributed by atoms with E-state index in [9.17, 15) is 9.59 Å². The van der Waals surface area contributed by atoms with Gasteiger partial charge in [-0.2, -0.15) is 11.8 Å². The van der Waals surface area contributed by atoms with E-state index in [-0.39, 0.29) is 5.91 Å². The molecule has 0 saturated carbocycles. The van der Waals surface area contributed by atoms with Gasteiger partial charge >= 0.3 is 5.97 Å². The lowest BCUT2D eigenvalue weighted by molar-refractivity contribution is -0.156. The van der Waals surface area contributed by atoms with Crippen LogP contribution in [0.2, 0.25) is 0 Å². The minimum atomic E-state index is -0.678. The van der Waals surface area contributed by atoms with E-state index in [1.807, 2.05) is 18.4 Å². The van der Waals surface area contributed by atoms with Crippen LogP contribution in [-0.2, 0) is 15.3 Å². The smallest absolute Gasteiger partial charge is 0.328 e. The average molecular weight is 309 g/mol. The van der Waals surface area contributed by atoms with Crippen molar-refractivity contribution in [1.29, 1.82) is 0 Å². The van der Waals surface area contributed by atoms with Gasteiger partial charge in [-0.25, -0.2) is 4.79 Å². The molecule has 0 unspecified atom stereocenters. The highest BCUT2D eigenvalue weighted by Gasteiger charge is 2.23. The number of amides is 1. The number of esters is 1. The fourth-order valence-corrected chi connectivity index (χ4v) is 2.17. The monoisotopic (exact) mass is 309 g/mol. The molecule has 0 aromatic heterocycles. The first-order chi connectivity index (χ1) is 9.73. The second kappa shape index (κ2) is 7.50. The molecule has 1 atom stereocenters. The number of ether oxygens (including phenoxy) is 1. The number of rotatable bonds is 5. The third-order valence-electron chi connectivity index (χ3n) is 2.64. The van der Waals surface area contributed by atoms with Gasteiger partial charge in [-0.1, -0.05) is 12.1 Å². The number of benzene rings is 1. The van der Waals surface area contributed by atoms with Gasteiger partial charge in [0.2, 0.25) is 0 Å². The topological polar surface area (TPSA) is 55.4 Å². The van der Waals surface area contributed by atoms with Crippen molar-refractivity contribution in [3.05, 3.63) is 35.4 Å². The number of carbonyl (C=O) groups excluding carboxylic acids is 2. The summed E-state index contributed by atoms with van der Waals surface area (Å²) in [5.74, 6) is 0.204. The van der Waals surface area contributed by atoms with Crippen molar-refractivity contribution >= 4 is 23.6 Å². The molecular formula is C16H23NO3S. The molecule has 21 heavy (non-hydrogen) atoms. The highest BCUT2D eigenvalue weighted by molar-refractivity contribution is 7.97. The van der Waals surface area contributed by atoms with Crippen LogP contribution in [0, 0.1) is 0 Å². The lowest BCUT2D eigenvalue weighted by Crippen LogP contribution is -2.42. The molecule has 1 N–H and O–H groups in total. The summed E-state index contributed by atoms with van der Waals surface area (Å²) in [5.41, 5.74) is 1.14. The second-order valence-electron chi connectivity index (χ2n) is 5.86. The van der Waals surface area contributed by atoms with E-state index in [0.717, 1.165) is 5.75 Å². The quantitative estimate of drug-likeness (QED) is 0.850. The normalized spacial score (nSPS) is 12.6. The maximum Gasteiger partial charge on any atom is 0.328 e. The summed E-state index contributed by atoms with van der Waals surface area (Å²) in [5, 5.41) is 2.65. The first kappa shape index (κ1) is 17.6. The molecule has 0 saturated heterocycles. The maximum atomic E-state index is 12.1. The summed E-state index contributed by atoms with van der Waals surface area (Å²) in [4.78, 5) is 23.9. The maximum absolute atomic E-state index is 12.1. The van der Waals surface area contributed by atoms with E-state index >= 15 is 0 Å². The molecule has 0 aliphatic carbocycles. The predicted octanol–water partition coefficient (Wildman–Crippen LogP) is 3.01. The van der Waals surface area contributed by atoms with E-state index in [2.05, 4.69) is 5.32 Å². The van der Waals surface area contributed by atoms with Crippen LogP contribution in [0.25, 0.3) is 0 Å². The molecule has 5 heteroatoms. The Labute approximate surface area is 130 Å². The standard InChI is InChI=1S/C16H23NO3S/c1-11(15(19)20-16(2,3)4)17-14(18)13-8-6-12(7-9-13)10-21-5/h6-9,11H,10H2,1-5H3,(H,17,18)/t11-/m1/s1. The van der Waals surface area contributed by atoms with Crippen LogP contribution in [0.5, 0.6) is 0 Å². The van der Waals surface area contributed by atoms with Gasteiger partial charge in [-0.15, -0.1) is 0 Å². The molecule has 0 radical (unpaired) electrons. The highest BCUT2D eigenvalue weighted by atomic mass is 32.2. The molecule has 0 heterocycles. The van der Waals surface area contributed by atoms with Crippen molar-refractivity contribution in [2.75, 3.05) is 6.26 Å². The zero-order chi connectivity index (χ0) is 16.0. The third-order valence-corrected chi connectivity index (χ3v) is 3.26. The van der Waals surface area contributed by atoms with Crippen molar-refractivity contribution < 1.29 is 14.3 Å². The number of nitrogens with one attached hydrogen (secondary N) is 1. The lowest BCUT2D eigenvalue weighted by atomic mass is 10.1. The largest absolute Gasteiger partial charge is 0.458 e. The van der Waals surface area contributed by atoms with Crippen LogP contribution >= 0.6 is 11.8 Å². The highest BCUT2D eigenvalue weighted by Crippen LogP contribution is 2.11. The molecule has 1 aromatic carbocycles. The van der Waals surface area contributed by atoms with Crippen molar-refractivity contribution in [3.63, 3.8) is 0 Å². The SMILES string of the molecule is CSCc1ccc(C(=O)N[C@H](C)C(=O)OC(C)(C)C)cc1. The zero-order valence-electron chi connectivity index (χ0n) is 13.2. The van der Waals surface area contributed by atoms with Crippen molar-refractivity contribution in [3.8, 4) is 0 Å². The van der Waals surface area contributed by atoms with Crippen LogP contribution in [0.15, 0.2) is 24.3 Å². The van der Waals surface area contributed by atoms with Crippen molar-refractivity contribution in [1.82, 2.24) is 5.32 Å². The van der Waals surface area contributed by atoms with Gasteiger partial charge in [0.15, 0.2) is 0 Å². The van der Waals surface area contributed by atoms with Crippen LogP contribution in [0.3, 0.4) is 0 Å². The Morgan fingerprint density at radius 1 is 1.24 bits per heavy atom. The summed E-state index contributed by atoms with van der Waals surface area (Å²) in [6.45, 7) is 7.01. The van der Waals surface area contributed by atoms with Gasteiger partial charge in [0.05, 0.1) is 0 Å². The van der Waals surface area contributed by atoms with Gasteiger partial charge in [0, 0.05) is 11.3 Å². The van der Waals surface area contributed by atoms with Crippen LogP contribution < -0.4 is 5.32 Å².